The van der Waals surface area contributed by atoms with Crippen LogP contribution in [0.3, 0.4) is 0 Å². The highest BCUT2D eigenvalue weighted by atomic mass is 16.5. The number of hydrogen-bond acceptors (Lipinski definition) is 3. The smallest absolute Gasteiger partial charge is 0.241 e. The molecule has 3 heterocycles. The van der Waals surface area contributed by atoms with E-state index in [1.165, 1.54) is 19.3 Å². The van der Waals surface area contributed by atoms with E-state index in [0.29, 0.717) is 19.1 Å². The third-order valence-corrected chi connectivity index (χ3v) is 5.36. The van der Waals surface area contributed by atoms with Gasteiger partial charge in [-0.2, -0.15) is 0 Å². The van der Waals surface area contributed by atoms with Gasteiger partial charge in [0.2, 0.25) is 11.8 Å². The van der Waals surface area contributed by atoms with E-state index in [2.05, 4.69) is 5.32 Å². The summed E-state index contributed by atoms with van der Waals surface area (Å²) in [5.41, 5.74) is -0.422. The summed E-state index contributed by atoms with van der Waals surface area (Å²) in [7, 11) is 0. The summed E-state index contributed by atoms with van der Waals surface area (Å²) in [6.45, 7) is 0.915. The van der Waals surface area contributed by atoms with E-state index < -0.39 is 5.72 Å². The van der Waals surface area contributed by atoms with Gasteiger partial charge in [-0.05, 0) is 50.4 Å². The van der Waals surface area contributed by atoms with Crippen molar-refractivity contribution in [2.75, 3.05) is 13.1 Å². The summed E-state index contributed by atoms with van der Waals surface area (Å²) in [6.07, 6.45) is 7.36. The molecule has 2 atom stereocenters. The first-order chi connectivity index (χ1) is 9.62. The Morgan fingerprint density at radius 1 is 1.30 bits per heavy atom. The van der Waals surface area contributed by atoms with Crippen LogP contribution < -0.4 is 5.32 Å². The zero-order valence-corrected chi connectivity index (χ0v) is 11.8. The molecule has 3 saturated heterocycles. The first kappa shape index (κ1) is 12.6. The van der Waals surface area contributed by atoms with Crippen LogP contribution in [-0.2, 0) is 14.3 Å². The molecule has 1 N–H and O–H groups in total. The molecule has 2 saturated carbocycles. The number of carbonyl (C=O) groups is 2. The van der Waals surface area contributed by atoms with Crippen LogP contribution in [0.4, 0.5) is 0 Å². The van der Waals surface area contributed by atoms with Crippen LogP contribution in [0.1, 0.15) is 44.9 Å². The van der Waals surface area contributed by atoms with Crippen LogP contribution in [-0.4, -0.2) is 41.6 Å². The molecule has 4 bridgehead atoms. The fraction of sp³-hybridized carbons (Fsp3) is 0.867. The summed E-state index contributed by atoms with van der Waals surface area (Å²) in [4.78, 5) is 25.5. The van der Waals surface area contributed by atoms with Crippen LogP contribution >= 0.6 is 0 Å². The number of ether oxygens (including phenoxy) is 1. The lowest BCUT2D eigenvalue weighted by Crippen LogP contribution is -2.64. The summed E-state index contributed by atoms with van der Waals surface area (Å²) >= 11 is 0. The lowest BCUT2D eigenvalue weighted by Gasteiger charge is -2.56. The molecule has 5 nitrogen and oxygen atoms in total. The Hall–Kier alpha value is -1.10. The van der Waals surface area contributed by atoms with Gasteiger partial charge in [-0.15, -0.1) is 0 Å². The number of nitrogens with zero attached hydrogens (tertiary/aromatic N) is 1. The predicted octanol–water partition coefficient (Wildman–Crippen LogP) is 1.03. The average Bonchev–Trinajstić information content (AvgIpc) is 2.72. The minimum Gasteiger partial charge on any atom is -0.353 e. The van der Waals surface area contributed by atoms with Crippen molar-refractivity contribution in [1.29, 1.82) is 0 Å². The average molecular weight is 278 g/mol. The van der Waals surface area contributed by atoms with E-state index >= 15 is 0 Å². The Morgan fingerprint density at radius 2 is 2.05 bits per heavy atom. The van der Waals surface area contributed by atoms with Gasteiger partial charge in [0.25, 0.3) is 0 Å². The van der Waals surface area contributed by atoms with Crippen LogP contribution in [0.2, 0.25) is 0 Å². The Bertz CT molecular complexity index is 413. The molecule has 2 aliphatic carbocycles. The number of rotatable bonds is 3. The highest BCUT2D eigenvalue weighted by molar-refractivity contribution is 5.86. The van der Waals surface area contributed by atoms with Crippen molar-refractivity contribution in [1.82, 2.24) is 10.2 Å². The molecule has 2 amide bonds. The molecule has 2 unspecified atom stereocenters. The van der Waals surface area contributed by atoms with Crippen LogP contribution in [0.5, 0.6) is 0 Å². The molecule has 5 heteroatoms. The van der Waals surface area contributed by atoms with Gasteiger partial charge in [0.1, 0.15) is 5.72 Å². The van der Waals surface area contributed by atoms with Gasteiger partial charge in [-0.3, -0.25) is 9.59 Å². The molecule has 3 aliphatic heterocycles. The second-order valence-corrected chi connectivity index (χ2v) is 7.05. The Kier molecular flexibility index (Phi) is 2.81. The van der Waals surface area contributed by atoms with Crippen molar-refractivity contribution in [3.05, 3.63) is 0 Å². The zero-order chi connectivity index (χ0) is 13.7. The van der Waals surface area contributed by atoms with Crippen molar-refractivity contribution in [3.63, 3.8) is 0 Å². The normalized spacial score (nSPS) is 42.3. The van der Waals surface area contributed by atoms with Gasteiger partial charge >= 0.3 is 0 Å². The molecule has 0 radical (unpaired) electrons. The summed E-state index contributed by atoms with van der Waals surface area (Å²) in [6, 6.07) is 0. The van der Waals surface area contributed by atoms with Gasteiger partial charge in [0.05, 0.1) is 12.6 Å². The molecule has 5 aliphatic rings. The van der Waals surface area contributed by atoms with Crippen molar-refractivity contribution in [2.45, 2.75) is 56.8 Å². The van der Waals surface area contributed by atoms with Gasteiger partial charge in [-0.1, -0.05) is 0 Å². The molecule has 0 aromatic rings. The largest absolute Gasteiger partial charge is 0.353 e. The summed E-state index contributed by atoms with van der Waals surface area (Å²) < 4.78 is 6.14. The minimum absolute atomic E-state index is 0.0535. The molecular formula is C15H22N2O3. The third kappa shape index (κ3) is 2.12. The SMILES string of the molecule is O=C(CN1CCCC1=O)NC12CC3CC(CC(C3)O1)C2. The van der Waals surface area contributed by atoms with E-state index in [9.17, 15) is 9.59 Å². The molecule has 0 aromatic carbocycles. The lowest BCUT2D eigenvalue weighted by molar-refractivity contribution is -0.233. The standard InChI is InChI=1S/C15H22N2O3/c18-13(9-17-3-1-2-14(17)19)16-15-7-10-4-11(8-15)6-12(5-10)20-15/h10-12H,1-9H2,(H,16,18). The van der Waals surface area contributed by atoms with E-state index in [1.807, 2.05) is 0 Å². The number of likely N-dealkylation sites (tertiary alicyclic amines) is 1. The Balaban J connectivity index is 1.41. The van der Waals surface area contributed by atoms with Gasteiger partial charge < -0.3 is 15.0 Å². The molecule has 0 spiro atoms. The van der Waals surface area contributed by atoms with E-state index in [-0.39, 0.29) is 18.4 Å². The number of carbonyl (C=O) groups excluding carboxylic acids is 2. The second kappa shape index (κ2) is 4.45. The van der Waals surface area contributed by atoms with Gasteiger partial charge in [0, 0.05) is 13.0 Å². The zero-order valence-electron chi connectivity index (χ0n) is 11.8. The maximum absolute atomic E-state index is 12.2. The lowest BCUT2D eigenvalue weighted by atomic mass is 9.65. The van der Waals surface area contributed by atoms with Crippen LogP contribution in [0.15, 0.2) is 0 Å². The first-order valence-corrected chi connectivity index (χ1v) is 7.88. The van der Waals surface area contributed by atoms with Crippen LogP contribution in [0.25, 0.3) is 0 Å². The molecule has 5 rings (SSSR count). The maximum atomic E-state index is 12.2. The summed E-state index contributed by atoms with van der Waals surface area (Å²) in [5.74, 6) is 1.48. The number of amides is 2. The summed E-state index contributed by atoms with van der Waals surface area (Å²) in [5, 5.41) is 3.12. The molecular weight excluding hydrogens is 256 g/mol. The van der Waals surface area contributed by atoms with E-state index in [4.69, 9.17) is 4.74 Å². The van der Waals surface area contributed by atoms with Crippen LogP contribution in [0, 0.1) is 11.8 Å². The fourth-order valence-electron chi connectivity index (χ4n) is 4.83. The van der Waals surface area contributed by atoms with Gasteiger partial charge in [-0.25, -0.2) is 0 Å². The monoisotopic (exact) mass is 278 g/mol. The van der Waals surface area contributed by atoms with Crippen molar-refractivity contribution >= 4 is 11.8 Å². The molecule has 20 heavy (non-hydrogen) atoms. The number of nitrogens with one attached hydrogen (secondary N) is 1. The maximum Gasteiger partial charge on any atom is 0.241 e. The quantitative estimate of drug-likeness (QED) is 0.839. The highest BCUT2D eigenvalue weighted by Crippen LogP contribution is 2.51. The highest BCUT2D eigenvalue weighted by Gasteiger charge is 2.52. The fourth-order valence-corrected chi connectivity index (χ4v) is 4.83. The van der Waals surface area contributed by atoms with Crippen molar-refractivity contribution in [2.24, 2.45) is 11.8 Å². The van der Waals surface area contributed by atoms with E-state index in [0.717, 1.165) is 31.1 Å². The van der Waals surface area contributed by atoms with Crippen molar-refractivity contribution in [3.8, 4) is 0 Å². The predicted molar refractivity (Wildman–Crippen MR) is 71.6 cm³/mol. The minimum atomic E-state index is -0.422. The first-order valence-electron chi connectivity index (χ1n) is 7.88. The Morgan fingerprint density at radius 3 is 2.65 bits per heavy atom. The molecule has 0 aromatic heterocycles. The number of hydrogen-bond donors (Lipinski definition) is 1. The molecule has 5 fully saturated rings. The Labute approximate surface area is 119 Å². The van der Waals surface area contributed by atoms with Gasteiger partial charge in [0.15, 0.2) is 0 Å². The van der Waals surface area contributed by atoms with Crippen molar-refractivity contribution < 1.29 is 14.3 Å². The molecule has 110 valence electrons. The second-order valence-electron chi connectivity index (χ2n) is 7.05. The van der Waals surface area contributed by atoms with E-state index in [1.54, 1.807) is 4.90 Å². The third-order valence-electron chi connectivity index (χ3n) is 5.36. The topological polar surface area (TPSA) is 58.6 Å².